The highest BCUT2D eigenvalue weighted by Crippen LogP contribution is 2.17. The maximum Gasteiger partial charge on any atom is 0.129 e. The van der Waals surface area contributed by atoms with Gasteiger partial charge in [-0.2, -0.15) is 0 Å². The number of anilines is 1. The van der Waals surface area contributed by atoms with Crippen molar-refractivity contribution in [1.29, 1.82) is 0 Å². The fourth-order valence-electron chi connectivity index (χ4n) is 2.12. The molecule has 0 saturated heterocycles. The van der Waals surface area contributed by atoms with Crippen LogP contribution in [-0.2, 0) is 13.2 Å². The van der Waals surface area contributed by atoms with Crippen LogP contribution in [-0.4, -0.2) is 28.3 Å². The van der Waals surface area contributed by atoms with Crippen molar-refractivity contribution in [3.63, 3.8) is 0 Å². The summed E-state index contributed by atoms with van der Waals surface area (Å²) >= 11 is 0. The van der Waals surface area contributed by atoms with E-state index in [9.17, 15) is 10.2 Å². The predicted molar refractivity (Wildman–Crippen MR) is 79.5 cm³/mol. The second kappa shape index (κ2) is 7.03. The monoisotopic (exact) mass is 272 g/mol. The van der Waals surface area contributed by atoms with Crippen LogP contribution in [0.25, 0.3) is 0 Å². The largest absolute Gasteiger partial charge is 0.395 e. The van der Waals surface area contributed by atoms with Crippen LogP contribution in [0.1, 0.15) is 16.8 Å². The molecule has 2 rings (SSSR count). The summed E-state index contributed by atoms with van der Waals surface area (Å²) in [7, 11) is 0. The molecule has 0 aliphatic heterocycles. The number of benzene rings is 1. The van der Waals surface area contributed by atoms with Crippen LogP contribution >= 0.6 is 0 Å². The van der Waals surface area contributed by atoms with Gasteiger partial charge >= 0.3 is 0 Å². The number of aromatic nitrogens is 1. The SMILES string of the molecule is Cc1nc(N(CCO)Cc2ccccc2)ccc1CO. The lowest BCUT2D eigenvalue weighted by Gasteiger charge is -2.23. The van der Waals surface area contributed by atoms with E-state index in [2.05, 4.69) is 17.1 Å². The van der Waals surface area contributed by atoms with Crippen molar-refractivity contribution in [2.24, 2.45) is 0 Å². The fraction of sp³-hybridized carbons (Fsp3) is 0.312. The van der Waals surface area contributed by atoms with E-state index in [0.717, 1.165) is 17.1 Å². The molecule has 1 aromatic carbocycles. The maximum atomic E-state index is 9.24. The highest BCUT2D eigenvalue weighted by Gasteiger charge is 2.10. The molecule has 2 N–H and O–H groups in total. The second-order valence-electron chi connectivity index (χ2n) is 4.70. The molecule has 2 aromatic rings. The van der Waals surface area contributed by atoms with Crippen LogP contribution in [0.5, 0.6) is 0 Å². The lowest BCUT2D eigenvalue weighted by molar-refractivity contribution is 0.280. The molecule has 0 aliphatic carbocycles. The third-order valence-corrected chi connectivity index (χ3v) is 3.26. The molecule has 1 aromatic heterocycles. The molecule has 0 amide bonds. The highest BCUT2D eigenvalue weighted by atomic mass is 16.3. The lowest BCUT2D eigenvalue weighted by atomic mass is 10.2. The molecule has 0 aliphatic rings. The number of hydrogen-bond donors (Lipinski definition) is 2. The summed E-state index contributed by atoms with van der Waals surface area (Å²) in [6, 6.07) is 13.9. The Labute approximate surface area is 119 Å². The van der Waals surface area contributed by atoms with E-state index in [1.54, 1.807) is 0 Å². The number of pyridine rings is 1. The summed E-state index contributed by atoms with van der Waals surface area (Å²) in [6.45, 7) is 3.19. The molecule has 0 radical (unpaired) electrons. The fourth-order valence-corrected chi connectivity index (χ4v) is 2.12. The Kier molecular flexibility index (Phi) is 5.09. The van der Waals surface area contributed by atoms with E-state index in [0.29, 0.717) is 13.1 Å². The highest BCUT2D eigenvalue weighted by molar-refractivity contribution is 5.42. The normalized spacial score (nSPS) is 10.6. The van der Waals surface area contributed by atoms with Gasteiger partial charge in [-0.1, -0.05) is 36.4 Å². The molecule has 0 spiro atoms. The predicted octanol–water partition coefficient (Wildman–Crippen LogP) is 1.88. The molecule has 0 fully saturated rings. The Bertz CT molecular complexity index is 543. The van der Waals surface area contributed by atoms with Crippen molar-refractivity contribution in [2.75, 3.05) is 18.1 Å². The van der Waals surface area contributed by atoms with Crippen molar-refractivity contribution >= 4 is 5.82 Å². The van der Waals surface area contributed by atoms with Crippen LogP contribution in [0.2, 0.25) is 0 Å². The van der Waals surface area contributed by atoms with Crippen molar-refractivity contribution < 1.29 is 10.2 Å². The molecule has 0 atom stereocenters. The summed E-state index contributed by atoms with van der Waals surface area (Å²) < 4.78 is 0. The Morgan fingerprint density at radius 2 is 1.80 bits per heavy atom. The number of hydrogen-bond acceptors (Lipinski definition) is 4. The van der Waals surface area contributed by atoms with E-state index >= 15 is 0 Å². The smallest absolute Gasteiger partial charge is 0.129 e. The van der Waals surface area contributed by atoms with Gasteiger partial charge in [-0.25, -0.2) is 4.98 Å². The zero-order valence-electron chi connectivity index (χ0n) is 11.7. The minimum atomic E-state index is -0.00218. The van der Waals surface area contributed by atoms with Crippen LogP contribution in [0.4, 0.5) is 5.82 Å². The summed E-state index contributed by atoms with van der Waals surface area (Å²) in [5.41, 5.74) is 2.82. The number of aliphatic hydroxyl groups excluding tert-OH is 2. The number of aryl methyl sites for hydroxylation is 1. The van der Waals surface area contributed by atoms with E-state index in [4.69, 9.17) is 0 Å². The molecule has 106 valence electrons. The van der Waals surface area contributed by atoms with E-state index in [1.807, 2.05) is 42.2 Å². The molecule has 0 saturated carbocycles. The third-order valence-electron chi connectivity index (χ3n) is 3.26. The first-order chi connectivity index (χ1) is 9.74. The Balaban J connectivity index is 2.22. The summed E-state index contributed by atoms with van der Waals surface area (Å²) in [5, 5.41) is 18.4. The van der Waals surface area contributed by atoms with Gasteiger partial charge in [0.25, 0.3) is 0 Å². The number of aliphatic hydroxyl groups is 2. The summed E-state index contributed by atoms with van der Waals surface area (Å²) in [5.74, 6) is 0.817. The van der Waals surface area contributed by atoms with E-state index in [1.165, 1.54) is 5.56 Å². The van der Waals surface area contributed by atoms with Gasteiger partial charge in [-0.3, -0.25) is 0 Å². The second-order valence-corrected chi connectivity index (χ2v) is 4.70. The third kappa shape index (κ3) is 3.56. The number of nitrogens with zero attached hydrogens (tertiary/aromatic N) is 2. The van der Waals surface area contributed by atoms with Crippen LogP contribution in [0.15, 0.2) is 42.5 Å². The molecule has 20 heavy (non-hydrogen) atoms. The number of rotatable bonds is 6. The molecule has 4 heteroatoms. The zero-order valence-corrected chi connectivity index (χ0v) is 11.7. The van der Waals surface area contributed by atoms with Crippen LogP contribution in [0.3, 0.4) is 0 Å². The first-order valence-corrected chi connectivity index (χ1v) is 6.71. The summed E-state index contributed by atoms with van der Waals surface area (Å²) in [4.78, 5) is 6.55. The Morgan fingerprint density at radius 1 is 1.05 bits per heavy atom. The van der Waals surface area contributed by atoms with Crippen LogP contribution < -0.4 is 4.90 Å². The van der Waals surface area contributed by atoms with Crippen LogP contribution in [0, 0.1) is 6.92 Å². The van der Waals surface area contributed by atoms with Gasteiger partial charge in [0.2, 0.25) is 0 Å². The first kappa shape index (κ1) is 14.5. The average molecular weight is 272 g/mol. The van der Waals surface area contributed by atoms with E-state index < -0.39 is 0 Å². The van der Waals surface area contributed by atoms with Gasteiger partial charge in [0.05, 0.1) is 13.2 Å². The van der Waals surface area contributed by atoms with Gasteiger partial charge in [-0.05, 0) is 24.1 Å². The zero-order chi connectivity index (χ0) is 14.4. The van der Waals surface area contributed by atoms with Crippen molar-refractivity contribution in [3.05, 3.63) is 59.3 Å². The molecule has 4 nitrogen and oxygen atoms in total. The lowest BCUT2D eigenvalue weighted by Crippen LogP contribution is -2.27. The van der Waals surface area contributed by atoms with Gasteiger partial charge < -0.3 is 15.1 Å². The first-order valence-electron chi connectivity index (χ1n) is 6.71. The van der Waals surface area contributed by atoms with Gasteiger partial charge in [0.1, 0.15) is 5.82 Å². The van der Waals surface area contributed by atoms with Gasteiger partial charge in [-0.15, -0.1) is 0 Å². The standard InChI is InChI=1S/C16H20N2O2/c1-13-15(12-20)7-8-16(17-13)18(9-10-19)11-14-5-3-2-4-6-14/h2-8,19-20H,9-12H2,1H3. The Hall–Kier alpha value is -1.91. The maximum absolute atomic E-state index is 9.24. The molecule has 1 heterocycles. The van der Waals surface area contributed by atoms with E-state index in [-0.39, 0.29) is 13.2 Å². The van der Waals surface area contributed by atoms with Crippen molar-refractivity contribution in [3.8, 4) is 0 Å². The van der Waals surface area contributed by atoms with Crippen molar-refractivity contribution in [2.45, 2.75) is 20.1 Å². The summed E-state index contributed by atoms with van der Waals surface area (Å²) in [6.07, 6.45) is 0. The molecule has 0 bridgehead atoms. The minimum absolute atomic E-state index is 0.00218. The quantitative estimate of drug-likeness (QED) is 0.843. The average Bonchev–Trinajstić information content (AvgIpc) is 2.48. The molecular weight excluding hydrogens is 252 g/mol. The van der Waals surface area contributed by atoms with Gasteiger partial charge in [0, 0.05) is 18.8 Å². The van der Waals surface area contributed by atoms with Gasteiger partial charge in [0.15, 0.2) is 0 Å². The van der Waals surface area contributed by atoms with Crippen molar-refractivity contribution in [1.82, 2.24) is 4.98 Å². The minimum Gasteiger partial charge on any atom is -0.395 e. The molecule has 0 unspecified atom stereocenters. The topological polar surface area (TPSA) is 56.6 Å². The molecular formula is C16H20N2O2. The Morgan fingerprint density at radius 3 is 2.40 bits per heavy atom.